The first-order valence-electron chi connectivity index (χ1n) is 8.92. The van der Waals surface area contributed by atoms with Crippen LogP contribution in [0.15, 0.2) is 40.7 Å². The molecule has 0 aliphatic rings. The maximum Gasteiger partial charge on any atom is 0.323 e. The number of anilines is 2. The molecular formula is C20H23N3O3S2. The van der Waals surface area contributed by atoms with E-state index in [-0.39, 0.29) is 22.0 Å². The van der Waals surface area contributed by atoms with Crippen molar-refractivity contribution in [1.82, 2.24) is 4.98 Å². The van der Waals surface area contributed by atoms with E-state index >= 15 is 0 Å². The third-order valence-corrected chi connectivity index (χ3v) is 7.64. The van der Waals surface area contributed by atoms with E-state index in [1.54, 1.807) is 18.2 Å². The number of fused-ring (bicyclic) bond motifs is 1. The molecule has 0 fully saturated rings. The molecule has 0 bridgehead atoms. The van der Waals surface area contributed by atoms with Gasteiger partial charge < -0.3 is 10.6 Å². The highest BCUT2D eigenvalue weighted by atomic mass is 32.2. The monoisotopic (exact) mass is 417 g/mol. The Hall–Kier alpha value is -2.45. The van der Waals surface area contributed by atoms with Crippen molar-refractivity contribution >= 4 is 48.8 Å². The summed E-state index contributed by atoms with van der Waals surface area (Å²) in [6.07, 6.45) is 0. The van der Waals surface area contributed by atoms with E-state index in [4.69, 9.17) is 0 Å². The summed E-state index contributed by atoms with van der Waals surface area (Å²) >= 11 is 1.13. The molecule has 2 aromatic carbocycles. The molecule has 0 atom stereocenters. The minimum absolute atomic E-state index is 0.0306. The number of sulfone groups is 1. The summed E-state index contributed by atoms with van der Waals surface area (Å²) in [5, 5.41) is 5.63. The molecule has 0 saturated heterocycles. The number of carbonyl (C=O) groups is 1. The smallest absolute Gasteiger partial charge is 0.308 e. The summed E-state index contributed by atoms with van der Waals surface area (Å²) in [5.74, 6) is 0.0962. The van der Waals surface area contributed by atoms with Crippen LogP contribution < -0.4 is 10.6 Å². The van der Waals surface area contributed by atoms with Gasteiger partial charge in [0.25, 0.3) is 0 Å². The SMILES string of the molecule is Cc1ccc(C)c(NC(=O)Nc2ccc3nc(S(=O)(=O)CC(C)C)sc3c2)c1. The Labute approximate surface area is 168 Å². The fourth-order valence-corrected chi connectivity index (χ4v) is 5.75. The zero-order chi connectivity index (χ0) is 20.5. The Kier molecular flexibility index (Phi) is 5.71. The topological polar surface area (TPSA) is 88.2 Å². The quantitative estimate of drug-likeness (QED) is 0.612. The van der Waals surface area contributed by atoms with Crippen LogP contribution in [-0.4, -0.2) is 25.2 Å². The molecular weight excluding hydrogens is 394 g/mol. The molecule has 28 heavy (non-hydrogen) atoms. The van der Waals surface area contributed by atoms with Crippen LogP contribution in [0.5, 0.6) is 0 Å². The van der Waals surface area contributed by atoms with E-state index in [1.165, 1.54) is 0 Å². The molecule has 8 heteroatoms. The predicted octanol–water partition coefficient (Wildman–Crippen LogP) is 4.99. The van der Waals surface area contributed by atoms with Gasteiger partial charge >= 0.3 is 6.03 Å². The number of hydrogen-bond acceptors (Lipinski definition) is 5. The van der Waals surface area contributed by atoms with Gasteiger partial charge in [0.05, 0.1) is 16.0 Å². The third-order valence-electron chi connectivity index (χ3n) is 4.09. The third kappa shape index (κ3) is 4.69. The van der Waals surface area contributed by atoms with Gasteiger partial charge in [0.2, 0.25) is 14.2 Å². The highest BCUT2D eigenvalue weighted by Crippen LogP contribution is 2.29. The van der Waals surface area contributed by atoms with Gasteiger partial charge in [0, 0.05) is 11.4 Å². The van der Waals surface area contributed by atoms with E-state index in [9.17, 15) is 13.2 Å². The van der Waals surface area contributed by atoms with Gasteiger partial charge in [0.15, 0.2) is 0 Å². The van der Waals surface area contributed by atoms with Crippen molar-refractivity contribution in [3.63, 3.8) is 0 Å². The number of nitrogens with one attached hydrogen (secondary N) is 2. The molecule has 148 valence electrons. The second-order valence-electron chi connectivity index (χ2n) is 7.24. The molecule has 0 aliphatic heterocycles. The first kappa shape index (κ1) is 20.3. The van der Waals surface area contributed by atoms with E-state index in [2.05, 4.69) is 15.6 Å². The molecule has 0 unspecified atom stereocenters. The van der Waals surface area contributed by atoms with Gasteiger partial charge in [-0.1, -0.05) is 26.0 Å². The molecule has 2 amide bonds. The number of benzene rings is 2. The lowest BCUT2D eigenvalue weighted by Gasteiger charge is -2.10. The molecule has 1 aromatic heterocycles. The molecule has 0 radical (unpaired) electrons. The van der Waals surface area contributed by atoms with Gasteiger partial charge in [0.1, 0.15) is 0 Å². The Morgan fingerprint density at radius 2 is 1.86 bits per heavy atom. The maximum atomic E-state index is 12.4. The predicted molar refractivity (Wildman–Crippen MR) is 115 cm³/mol. The number of hydrogen-bond donors (Lipinski definition) is 2. The molecule has 0 spiro atoms. The van der Waals surface area contributed by atoms with Crippen molar-refractivity contribution in [3.05, 3.63) is 47.5 Å². The summed E-state index contributed by atoms with van der Waals surface area (Å²) in [4.78, 5) is 16.6. The number of nitrogens with zero attached hydrogens (tertiary/aromatic N) is 1. The van der Waals surface area contributed by atoms with E-state index in [0.717, 1.165) is 28.2 Å². The number of aromatic nitrogens is 1. The lowest BCUT2D eigenvalue weighted by atomic mass is 10.1. The van der Waals surface area contributed by atoms with Crippen molar-refractivity contribution in [1.29, 1.82) is 0 Å². The molecule has 0 aliphatic carbocycles. The Morgan fingerprint density at radius 1 is 1.11 bits per heavy atom. The molecule has 6 nitrogen and oxygen atoms in total. The first-order valence-corrected chi connectivity index (χ1v) is 11.4. The average Bonchev–Trinajstić information content (AvgIpc) is 3.01. The van der Waals surface area contributed by atoms with Crippen LogP contribution in [0.3, 0.4) is 0 Å². The highest BCUT2D eigenvalue weighted by molar-refractivity contribution is 7.93. The zero-order valence-electron chi connectivity index (χ0n) is 16.2. The van der Waals surface area contributed by atoms with E-state index < -0.39 is 9.84 Å². The van der Waals surface area contributed by atoms with Gasteiger partial charge in [-0.05, 0) is 55.2 Å². The molecule has 3 aromatic rings. The fraction of sp³-hybridized carbons (Fsp3) is 0.300. The van der Waals surface area contributed by atoms with Crippen LogP contribution in [0, 0.1) is 19.8 Å². The number of amides is 2. The van der Waals surface area contributed by atoms with Crippen molar-refractivity contribution in [2.75, 3.05) is 16.4 Å². The normalized spacial score (nSPS) is 11.8. The minimum Gasteiger partial charge on any atom is -0.308 e. The lowest BCUT2D eigenvalue weighted by molar-refractivity contribution is 0.262. The van der Waals surface area contributed by atoms with Crippen molar-refractivity contribution in [3.8, 4) is 0 Å². The molecule has 1 heterocycles. The summed E-state index contributed by atoms with van der Waals surface area (Å²) in [6, 6.07) is 10.7. The Balaban J connectivity index is 1.79. The Bertz CT molecular complexity index is 1130. The highest BCUT2D eigenvalue weighted by Gasteiger charge is 2.21. The number of carbonyl (C=O) groups excluding carboxylic acids is 1. The standard InChI is InChI=1S/C20H23N3O3S2/c1-12(2)11-28(25,26)20-23-16-8-7-15(10-18(16)27-20)21-19(24)22-17-9-13(3)5-6-14(17)4/h5-10,12H,11H2,1-4H3,(H2,21,22,24). The fourth-order valence-electron chi connectivity index (χ4n) is 2.78. The largest absolute Gasteiger partial charge is 0.323 e. The first-order chi connectivity index (χ1) is 13.1. The average molecular weight is 418 g/mol. The summed E-state index contributed by atoms with van der Waals surface area (Å²) in [6.45, 7) is 7.62. The van der Waals surface area contributed by atoms with Crippen LogP contribution in [-0.2, 0) is 9.84 Å². The molecule has 2 N–H and O–H groups in total. The number of rotatable bonds is 5. The van der Waals surface area contributed by atoms with Crippen LogP contribution in [0.1, 0.15) is 25.0 Å². The second-order valence-corrected chi connectivity index (χ2v) is 10.5. The van der Waals surface area contributed by atoms with E-state index in [1.807, 2.05) is 45.9 Å². The molecule has 3 rings (SSSR count). The van der Waals surface area contributed by atoms with Crippen LogP contribution in [0.25, 0.3) is 10.2 Å². The Morgan fingerprint density at radius 3 is 2.57 bits per heavy atom. The van der Waals surface area contributed by atoms with Crippen molar-refractivity contribution in [2.45, 2.75) is 32.0 Å². The summed E-state index contributed by atoms with van der Waals surface area (Å²) in [5.41, 5.74) is 3.96. The van der Waals surface area contributed by atoms with Crippen LogP contribution in [0.2, 0.25) is 0 Å². The van der Waals surface area contributed by atoms with Gasteiger partial charge in [-0.3, -0.25) is 0 Å². The van der Waals surface area contributed by atoms with Crippen LogP contribution >= 0.6 is 11.3 Å². The number of urea groups is 1. The summed E-state index contributed by atoms with van der Waals surface area (Å²) < 4.78 is 25.6. The van der Waals surface area contributed by atoms with Gasteiger partial charge in [-0.15, -0.1) is 11.3 Å². The van der Waals surface area contributed by atoms with Crippen molar-refractivity contribution < 1.29 is 13.2 Å². The lowest BCUT2D eigenvalue weighted by Crippen LogP contribution is -2.19. The maximum absolute atomic E-state index is 12.4. The molecule has 0 saturated carbocycles. The van der Waals surface area contributed by atoms with Crippen molar-refractivity contribution in [2.24, 2.45) is 5.92 Å². The number of aryl methyl sites for hydroxylation is 2. The second kappa shape index (κ2) is 7.89. The summed E-state index contributed by atoms with van der Waals surface area (Å²) in [7, 11) is -3.40. The zero-order valence-corrected chi connectivity index (χ0v) is 17.9. The number of thiazole rings is 1. The van der Waals surface area contributed by atoms with Crippen LogP contribution in [0.4, 0.5) is 16.2 Å². The van der Waals surface area contributed by atoms with E-state index in [0.29, 0.717) is 15.9 Å². The van der Waals surface area contributed by atoms with Gasteiger partial charge in [-0.25, -0.2) is 18.2 Å². The minimum atomic E-state index is -3.40. The van der Waals surface area contributed by atoms with Gasteiger partial charge in [-0.2, -0.15) is 0 Å².